The number of nitrogens with one attached hydrogen (secondary N) is 1. The van der Waals surface area contributed by atoms with E-state index in [0.29, 0.717) is 5.69 Å². The molecule has 1 aromatic heterocycles. The van der Waals surface area contributed by atoms with E-state index in [1.165, 1.54) is 6.42 Å². The molecule has 0 aromatic carbocycles. The molecule has 1 saturated heterocycles. The Morgan fingerprint density at radius 2 is 2.16 bits per heavy atom. The maximum absolute atomic E-state index is 12.4. The Morgan fingerprint density at radius 1 is 1.32 bits per heavy atom. The molecule has 1 saturated carbocycles. The lowest BCUT2D eigenvalue weighted by Crippen LogP contribution is -2.45. The second kappa shape index (κ2) is 5.33. The molecule has 104 valence electrons. The molecule has 1 aliphatic carbocycles. The van der Waals surface area contributed by atoms with Crippen LogP contribution in [0.3, 0.4) is 0 Å². The lowest BCUT2D eigenvalue weighted by atomic mass is 9.80. The van der Waals surface area contributed by atoms with Gasteiger partial charge in [-0.05, 0) is 31.7 Å². The van der Waals surface area contributed by atoms with E-state index in [9.17, 15) is 9.90 Å². The van der Waals surface area contributed by atoms with Gasteiger partial charge in [0.1, 0.15) is 5.69 Å². The highest BCUT2D eigenvalue weighted by Gasteiger charge is 2.39. The summed E-state index contributed by atoms with van der Waals surface area (Å²) in [6, 6.07) is 1.92. The van der Waals surface area contributed by atoms with Crippen LogP contribution in [0, 0.1) is 5.92 Å². The van der Waals surface area contributed by atoms with Crippen LogP contribution in [0.15, 0.2) is 12.3 Å². The van der Waals surface area contributed by atoms with Crippen LogP contribution in [0.1, 0.15) is 49.0 Å². The second-order valence-corrected chi connectivity index (χ2v) is 5.69. The topological polar surface area (TPSA) is 69.2 Å². The SMILES string of the molecule is O=C(c1ccn[nH]1)N1CCCC1C1CCCCC1O. The summed E-state index contributed by atoms with van der Waals surface area (Å²) in [6.45, 7) is 0.797. The summed E-state index contributed by atoms with van der Waals surface area (Å²) < 4.78 is 0. The summed E-state index contributed by atoms with van der Waals surface area (Å²) in [4.78, 5) is 14.4. The van der Waals surface area contributed by atoms with Crippen molar-refractivity contribution in [1.29, 1.82) is 0 Å². The fourth-order valence-corrected chi connectivity index (χ4v) is 3.61. The van der Waals surface area contributed by atoms with Crippen LogP contribution >= 0.6 is 0 Å². The molecule has 0 spiro atoms. The van der Waals surface area contributed by atoms with Gasteiger partial charge in [0.05, 0.1) is 6.10 Å². The molecule has 2 aliphatic rings. The normalized spacial score (nSPS) is 31.6. The summed E-state index contributed by atoms with van der Waals surface area (Å²) in [6.07, 6.45) is 7.62. The van der Waals surface area contributed by atoms with Crippen LogP contribution in [0.5, 0.6) is 0 Å². The Hall–Kier alpha value is -1.36. The van der Waals surface area contributed by atoms with Gasteiger partial charge in [-0.15, -0.1) is 0 Å². The smallest absolute Gasteiger partial charge is 0.272 e. The zero-order valence-electron chi connectivity index (χ0n) is 11.1. The third kappa shape index (κ3) is 2.39. The van der Waals surface area contributed by atoms with E-state index in [0.717, 1.165) is 38.6 Å². The second-order valence-electron chi connectivity index (χ2n) is 5.69. The van der Waals surface area contributed by atoms with Crippen molar-refractivity contribution in [3.8, 4) is 0 Å². The first-order valence-corrected chi connectivity index (χ1v) is 7.26. The van der Waals surface area contributed by atoms with Gasteiger partial charge >= 0.3 is 0 Å². The largest absolute Gasteiger partial charge is 0.393 e. The number of carbonyl (C=O) groups excluding carboxylic acids is 1. The number of hydrogen-bond acceptors (Lipinski definition) is 3. The van der Waals surface area contributed by atoms with Gasteiger partial charge in [0.15, 0.2) is 0 Å². The van der Waals surface area contributed by atoms with E-state index in [-0.39, 0.29) is 24.0 Å². The van der Waals surface area contributed by atoms with E-state index in [1.807, 2.05) is 4.90 Å². The standard InChI is InChI=1S/C14H21N3O2/c18-13-6-2-1-4-10(13)12-5-3-9-17(12)14(19)11-7-8-15-16-11/h7-8,10,12-13,18H,1-6,9H2,(H,15,16). The molecule has 5 heteroatoms. The van der Waals surface area contributed by atoms with Crippen molar-refractivity contribution in [2.45, 2.75) is 50.7 Å². The van der Waals surface area contributed by atoms with E-state index >= 15 is 0 Å². The molecule has 2 fully saturated rings. The van der Waals surface area contributed by atoms with Crippen molar-refractivity contribution in [3.05, 3.63) is 18.0 Å². The lowest BCUT2D eigenvalue weighted by molar-refractivity contribution is 0.0209. The number of rotatable bonds is 2. The lowest BCUT2D eigenvalue weighted by Gasteiger charge is -2.37. The van der Waals surface area contributed by atoms with Gasteiger partial charge < -0.3 is 10.0 Å². The Labute approximate surface area is 113 Å². The van der Waals surface area contributed by atoms with Gasteiger partial charge in [-0.1, -0.05) is 12.8 Å². The molecule has 5 nitrogen and oxygen atoms in total. The fraction of sp³-hybridized carbons (Fsp3) is 0.714. The molecule has 19 heavy (non-hydrogen) atoms. The number of aliphatic hydroxyl groups is 1. The van der Waals surface area contributed by atoms with E-state index in [1.54, 1.807) is 12.3 Å². The maximum Gasteiger partial charge on any atom is 0.272 e. The minimum atomic E-state index is -0.242. The molecule has 3 unspecified atom stereocenters. The molecule has 0 radical (unpaired) electrons. The first-order chi connectivity index (χ1) is 9.27. The number of aromatic nitrogens is 2. The molecular weight excluding hydrogens is 242 g/mol. The first kappa shape index (κ1) is 12.7. The van der Waals surface area contributed by atoms with Gasteiger partial charge in [-0.25, -0.2) is 0 Å². The summed E-state index contributed by atoms with van der Waals surface area (Å²) in [5, 5.41) is 16.8. The Bertz CT molecular complexity index is 432. The van der Waals surface area contributed by atoms with Crippen molar-refractivity contribution in [1.82, 2.24) is 15.1 Å². The average molecular weight is 263 g/mol. The molecule has 1 aromatic rings. The van der Waals surface area contributed by atoms with E-state index < -0.39 is 0 Å². The Morgan fingerprint density at radius 3 is 2.89 bits per heavy atom. The van der Waals surface area contributed by atoms with Gasteiger partial charge in [0.2, 0.25) is 0 Å². The predicted molar refractivity (Wildman–Crippen MR) is 70.6 cm³/mol. The maximum atomic E-state index is 12.4. The predicted octanol–water partition coefficient (Wildman–Crippen LogP) is 1.57. The zero-order valence-corrected chi connectivity index (χ0v) is 11.1. The molecule has 3 atom stereocenters. The number of H-pyrrole nitrogens is 1. The quantitative estimate of drug-likeness (QED) is 0.851. The summed E-state index contributed by atoms with van der Waals surface area (Å²) >= 11 is 0. The van der Waals surface area contributed by atoms with Gasteiger partial charge in [-0.3, -0.25) is 9.89 Å². The number of nitrogens with zero attached hydrogens (tertiary/aromatic N) is 2. The average Bonchev–Trinajstić information content (AvgIpc) is 3.10. The van der Waals surface area contributed by atoms with Crippen LogP contribution in [-0.2, 0) is 0 Å². The van der Waals surface area contributed by atoms with E-state index in [2.05, 4.69) is 10.2 Å². The number of carbonyl (C=O) groups is 1. The van der Waals surface area contributed by atoms with Crippen LogP contribution in [-0.4, -0.2) is 44.8 Å². The number of aromatic amines is 1. The Kier molecular flexibility index (Phi) is 3.55. The minimum Gasteiger partial charge on any atom is -0.393 e. The van der Waals surface area contributed by atoms with Gasteiger partial charge in [0, 0.05) is 24.7 Å². The molecule has 3 rings (SSSR count). The molecule has 1 amide bonds. The zero-order chi connectivity index (χ0) is 13.2. The van der Waals surface area contributed by atoms with Gasteiger partial charge in [-0.2, -0.15) is 5.10 Å². The summed E-state index contributed by atoms with van der Waals surface area (Å²) in [7, 11) is 0. The van der Waals surface area contributed by atoms with E-state index in [4.69, 9.17) is 0 Å². The third-order valence-corrected chi connectivity index (χ3v) is 4.57. The van der Waals surface area contributed by atoms with Crippen molar-refractivity contribution in [2.75, 3.05) is 6.54 Å². The minimum absolute atomic E-state index is 0.0257. The number of aliphatic hydroxyl groups excluding tert-OH is 1. The molecule has 1 aliphatic heterocycles. The molecule has 2 heterocycles. The highest BCUT2D eigenvalue weighted by Crippen LogP contribution is 2.35. The van der Waals surface area contributed by atoms with Gasteiger partial charge in [0.25, 0.3) is 5.91 Å². The molecule has 0 bridgehead atoms. The van der Waals surface area contributed by atoms with Crippen molar-refractivity contribution in [3.63, 3.8) is 0 Å². The van der Waals surface area contributed by atoms with Crippen LogP contribution in [0.25, 0.3) is 0 Å². The highest BCUT2D eigenvalue weighted by atomic mass is 16.3. The Balaban J connectivity index is 1.75. The monoisotopic (exact) mass is 263 g/mol. The highest BCUT2D eigenvalue weighted by molar-refractivity contribution is 5.92. The summed E-state index contributed by atoms with van der Waals surface area (Å²) in [5.41, 5.74) is 0.553. The van der Waals surface area contributed by atoms with Crippen molar-refractivity contribution < 1.29 is 9.90 Å². The molecule has 2 N–H and O–H groups in total. The van der Waals surface area contributed by atoms with Crippen LogP contribution < -0.4 is 0 Å². The number of hydrogen-bond donors (Lipinski definition) is 2. The van der Waals surface area contributed by atoms with Crippen LogP contribution in [0.4, 0.5) is 0 Å². The summed E-state index contributed by atoms with van der Waals surface area (Å²) in [5.74, 6) is 0.279. The fourth-order valence-electron chi connectivity index (χ4n) is 3.61. The third-order valence-electron chi connectivity index (χ3n) is 4.57. The van der Waals surface area contributed by atoms with Crippen molar-refractivity contribution >= 4 is 5.91 Å². The number of amides is 1. The molecular formula is C14H21N3O2. The van der Waals surface area contributed by atoms with Crippen LogP contribution in [0.2, 0.25) is 0 Å². The number of likely N-dealkylation sites (tertiary alicyclic amines) is 1. The first-order valence-electron chi connectivity index (χ1n) is 7.26. The van der Waals surface area contributed by atoms with Crippen molar-refractivity contribution in [2.24, 2.45) is 5.92 Å².